The number of nitrogens with one attached hydrogen (secondary N) is 2. The predicted molar refractivity (Wildman–Crippen MR) is 84.4 cm³/mol. The summed E-state index contributed by atoms with van der Waals surface area (Å²) in [6.07, 6.45) is -0.283. The molecule has 3 N–H and O–H groups in total. The van der Waals surface area contributed by atoms with E-state index in [1.807, 2.05) is 6.92 Å². The summed E-state index contributed by atoms with van der Waals surface area (Å²) >= 11 is 0. The maximum Gasteiger partial charge on any atom is 0.315 e. The molecule has 2 rings (SSSR count). The molecule has 0 saturated carbocycles. The van der Waals surface area contributed by atoms with Crippen molar-refractivity contribution < 1.29 is 18.7 Å². The van der Waals surface area contributed by atoms with Crippen LogP contribution in [0.4, 0.5) is 9.18 Å². The van der Waals surface area contributed by atoms with E-state index in [0.29, 0.717) is 25.3 Å². The number of furan rings is 1. The fourth-order valence-electron chi connectivity index (χ4n) is 2.31. The third kappa shape index (κ3) is 5.10. The van der Waals surface area contributed by atoms with Gasteiger partial charge in [0.1, 0.15) is 17.3 Å². The molecule has 0 saturated heterocycles. The molecule has 0 aliphatic rings. The first-order chi connectivity index (χ1) is 11.0. The Bertz CT molecular complexity index is 652. The maximum absolute atomic E-state index is 12.8. The molecule has 1 unspecified atom stereocenters. The smallest absolute Gasteiger partial charge is 0.315 e. The molecule has 6 heteroatoms. The molecular weight excluding hydrogens is 299 g/mol. The quantitative estimate of drug-likeness (QED) is 0.766. The highest BCUT2D eigenvalue weighted by Crippen LogP contribution is 2.23. The van der Waals surface area contributed by atoms with Gasteiger partial charge in [-0.05, 0) is 44.0 Å². The van der Waals surface area contributed by atoms with Crippen LogP contribution in [0.5, 0.6) is 0 Å². The monoisotopic (exact) mass is 320 g/mol. The Kier molecular flexibility index (Phi) is 5.76. The van der Waals surface area contributed by atoms with E-state index in [2.05, 4.69) is 10.6 Å². The molecule has 2 amide bonds. The Morgan fingerprint density at radius 1 is 1.26 bits per heavy atom. The van der Waals surface area contributed by atoms with Crippen LogP contribution in [0.15, 0.2) is 34.7 Å². The lowest BCUT2D eigenvalue weighted by Gasteiger charge is -2.11. The lowest BCUT2D eigenvalue weighted by molar-refractivity contribution is 0.165. The number of hydrogen-bond donors (Lipinski definition) is 3. The van der Waals surface area contributed by atoms with Crippen molar-refractivity contribution in [1.82, 2.24) is 10.6 Å². The average Bonchev–Trinajstić information content (AvgIpc) is 2.85. The Morgan fingerprint density at radius 3 is 2.57 bits per heavy atom. The van der Waals surface area contributed by atoms with Gasteiger partial charge < -0.3 is 20.2 Å². The molecule has 0 spiro atoms. The van der Waals surface area contributed by atoms with E-state index in [1.165, 1.54) is 12.1 Å². The molecule has 23 heavy (non-hydrogen) atoms. The highest BCUT2D eigenvalue weighted by atomic mass is 19.1. The van der Waals surface area contributed by atoms with E-state index in [1.54, 1.807) is 25.1 Å². The van der Waals surface area contributed by atoms with Crippen molar-refractivity contribution in [2.24, 2.45) is 0 Å². The first-order valence-electron chi connectivity index (χ1n) is 7.47. The summed E-state index contributed by atoms with van der Waals surface area (Å²) in [4.78, 5) is 11.7. The average molecular weight is 320 g/mol. The Morgan fingerprint density at radius 2 is 1.96 bits per heavy atom. The second kappa shape index (κ2) is 7.78. The molecule has 1 aromatic heterocycles. The van der Waals surface area contributed by atoms with Crippen LogP contribution in [-0.4, -0.2) is 17.7 Å². The molecule has 0 bridgehead atoms. The van der Waals surface area contributed by atoms with E-state index in [-0.39, 0.29) is 11.8 Å². The van der Waals surface area contributed by atoms with Crippen LogP contribution in [0.25, 0.3) is 0 Å². The summed E-state index contributed by atoms with van der Waals surface area (Å²) < 4.78 is 18.1. The number of halogens is 1. The van der Waals surface area contributed by atoms with Gasteiger partial charge in [0.15, 0.2) is 0 Å². The number of carbonyl (C=O) groups excluding carboxylic acids is 1. The zero-order valence-corrected chi connectivity index (χ0v) is 13.2. The number of aryl methyl sites for hydroxylation is 2. The minimum absolute atomic E-state index is 0.308. The van der Waals surface area contributed by atoms with Crippen LogP contribution >= 0.6 is 0 Å². The number of urea groups is 1. The topological polar surface area (TPSA) is 74.5 Å². The van der Waals surface area contributed by atoms with Crippen LogP contribution in [0.1, 0.15) is 35.2 Å². The molecule has 1 heterocycles. The number of amides is 2. The molecule has 0 fully saturated rings. The fraction of sp³-hybridized carbons (Fsp3) is 0.353. The summed E-state index contributed by atoms with van der Waals surface area (Å²) in [6, 6.07) is 7.39. The van der Waals surface area contributed by atoms with Crippen molar-refractivity contribution in [3.63, 3.8) is 0 Å². The molecule has 0 radical (unpaired) electrons. The van der Waals surface area contributed by atoms with Crippen molar-refractivity contribution >= 4 is 6.03 Å². The van der Waals surface area contributed by atoms with Crippen molar-refractivity contribution in [3.8, 4) is 0 Å². The SMILES string of the molecule is Cc1cc(C(O)CCNC(=O)NCc2ccc(F)cc2)c(C)o1. The Hall–Kier alpha value is -2.34. The van der Waals surface area contributed by atoms with Gasteiger partial charge in [0.05, 0.1) is 6.10 Å². The van der Waals surface area contributed by atoms with E-state index < -0.39 is 6.10 Å². The van der Waals surface area contributed by atoms with Crippen LogP contribution in [0.3, 0.4) is 0 Å². The van der Waals surface area contributed by atoms with Gasteiger partial charge in [-0.1, -0.05) is 12.1 Å². The van der Waals surface area contributed by atoms with Gasteiger partial charge in [-0.25, -0.2) is 9.18 Å². The fourth-order valence-corrected chi connectivity index (χ4v) is 2.31. The zero-order valence-electron chi connectivity index (χ0n) is 13.2. The van der Waals surface area contributed by atoms with E-state index in [0.717, 1.165) is 16.9 Å². The highest BCUT2D eigenvalue weighted by molar-refractivity contribution is 5.73. The number of hydrogen-bond acceptors (Lipinski definition) is 3. The summed E-state index contributed by atoms with van der Waals surface area (Å²) in [6.45, 7) is 4.27. The predicted octanol–water partition coefficient (Wildman–Crippen LogP) is 2.96. The summed E-state index contributed by atoms with van der Waals surface area (Å²) in [5.74, 6) is 1.13. The third-order valence-electron chi connectivity index (χ3n) is 3.51. The van der Waals surface area contributed by atoms with Crippen molar-refractivity contribution in [3.05, 3.63) is 58.8 Å². The number of carbonyl (C=O) groups is 1. The van der Waals surface area contributed by atoms with E-state index >= 15 is 0 Å². The Labute approximate surface area is 134 Å². The van der Waals surface area contributed by atoms with Crippen LogP contribution < -0.4 is 10.6 Å². The molecular formula is C17H21FN2O3. The largest absolute Gasteiger partial charge is 0.466 e. The van der Waals surface area contributed by atoms with Crippen molar-refractivity contribution in [1.29, 1.82) is 0 Å². The summed E-state index contributed by atoms with van der Waals surface area (Å²) in [7, 11) is 0. The zero-order chi connectivity index (χ0) is 16.8. The Balaban J connectivity index is 1.70. The van der Waals surface area contributed by atoms with Gasteiger partial charge in [0.2, 0.25) is 0 Å². The van der Waals surface area contributed by atoms with Crippen molar-refractivity contribution in [2.75, 3.05) is 6.54 Å². The lowest BCUT2D eigenvalue weighted by Crippen LogP contribution is -2.36. The third-order valence-corrected chi connectivity index (χ3v) is 3.51. The first kappa shape index (κ1) is 17.0. The van der Waals surface area contributed by atoms with Gasteiger partial charge in [-0.3, -0.25) is 0 Å². The highest BCUT2D eigenvalue weighted by Gasteiger charge is 2.14. The van der Waals surface area contributed by atoms with E-state index in [4.69, 9.17) is 4.42 Å². The number of aliphatic hydroxyl groups is 1. The molecule has 0 aliphatic heterocycles. The standard InChI is InChI=1S/C17H21FN2O3/c1-11-9-15(12(2)23-11)16(21)7-8-19-17(22)20-10-13-3-5-14(18)6-4-13/h3-6,9,16,21H,7-8,10H2,1-2H3,(H2,19,20,22). The first-order valence-corrected chi connectivity index (χ1v) is 7.47. The summed E-state index contributed by atoms with van der Waals surface area (Å²) in [5, 5.41) is 15.4. The number of aliphatic hydroxyl groups excluding tert-OH is 1. The molecule has 0 aliphatic carbocycles. The molecule has 2 aromatic rings. The molecule has 1 aromatic carbocycles. The molecule has 1 atom stereocenters. The van der Waals surface area contributed by atoms with Crippen LogP contribution in [-0.2, 0) is 6.54 Å². The number of rotatable bonds is 6. The van der Waals surface area contributed by atoms with E-state index in [9.17, 15) is 14.3 Å². The van der Waals surface area contributed by atoms with Crippen LogP contribution in [0, 0.1) is 19.7 Å². The maximum atomic E-state index is 12.8. The van der Waals surface area contributed by atoms with Crippen molar-refractivity contribution in [2.45, 2.75) is 32.9 Å². The lowest BCUT2D eigenvalue weighted by atomic mass is 10.1. The van der Waals surface area contributed by atoms with Gasteiger partial charge in [-0.2, -0.15) is 0 Å². The normalized spacial score (nSPS) is 12.0. The van der Waals surface area contributed by atoms with Gasteiger partial charge >= 0.3 is 6.03 Å². The van der Waals surface area contributed by atoms with Gasteiger partial charge in [0.25, 0.3) is 0 Å². The van der Waals surface area contributed by atoms with Gasteiger partial charge in [-0.15, -0.1) is 0 Å². The second-order valence-corrected chi connectivity index (χ2v) is 5.41. The summed E-state index contributed by atoms with van der Waals surface area (Å²) in [5.41, 5.74) is 1.56. The minimum atomic E-state index is -0.676. The minimum Gasteiger partial charge on any atom is -0.466 e. The second-order valence-electron chi connectivity index (χ2n) is 5.41. The van der Waals surface area contributed by atoms with Crippen LogP contribution in [0.2, 0.25) is 0 Å². The van der Waals surface area contributed by atoms with Gasteiger partial charge in [0, 0.05) is 18.7 Å². The molecule has 5 nitrogen and oxygen atoms in total. The number of benzene rings is 1. The molecule has 124 valence electrons.